The van der Waals surface area contributed by atoms with E-state index >= 15 is 4.39 Å². The molecule has 1 unspecified atom stereocenters. The summed E-state index contributed by atoms with van der Waals surface area (Å²) in [4.78, 5) is 11.9. The fraction of sp³-hybridized carbons (Fsp3) is 0.581. The molecule has 0 heterocycles. The van der Waals surface area contributed by atoms with Gasteiger partial charge in [0.2, 0.25) is 0 Å². The average molecular weight is 521 g/mol. The van der Waals surface area contributed by atoms with Crippen molar-refractivity contribution in [2.45, 2.75) is 103 Å². The van der Waals surface area contributed by atoms with E-state index in [0.717, 1.165) is 37.8 Å². The molecule has 0 radical (unpaired) electrons. The normalized spacial score (nSPS) is 18.6. The van der Waals surface area contributed by atoms with Gasteiger partial charge in [0.25, 0.3) is 0 Å². The minimum atomic E-state index is -1.59. The van der Waals surface area contributed by atoms with Crippen LogP contribution in [0, 0.1) is 29.3 Å². The number of carboxylic acid groups (broad SMARTS) is 1. The van der Waals surface area contributed by atoms with Crippen LogP contribution in [0.4, 0.5) is 17.6 Å². The summed E-state index contributed by atoms with van der Waals surface area (Å²) in [6, 6.07) is 5.97. The summed E-state index contributed by atoms with van der Waals surface area (Å²) in [5.41, 5.74) is 0.294. The summed E-state index contributed by atoms with van der Waals surface area (Å²) in [7, 11) is 0. The number of unbranched alkanes of at least 4 members (excludes halogenated alkanes) is 7. The first-order valence-corrected chi connectivity index (χ1v) is 14.0. The molecular formula is C31H40F4O2. The summed E-state index contributed by atoms with van der Waals surface area (Å²) in [5, 5.41) is 9.69. The fourth-order valence-electron chi connectivity index (χ4n) is 5.76. The van der Waals surface area contributed by atoms with Crippen molar-refractivity contribution < 1.29 is 27.5 Å². The Morgan fingerprint density at radius 1 is 0.919 bits per heavy atom. The van der Waals surface area contributed by atoms with Gasteiger partial charge in [-0.05, 0) is 59.6 Å². The summed E-state index contributed by atoms with van der Waals surface area (Å²) < 4.78 is 56.8. The van der Waals surface area contributed by atoms with Gasteiger partial charge in [0, 0.05) is 6.42 Å². The van der Waals surface area contributed by atoms with E-state index in [4.69, 9.17) is 0 Å². The highest BCUT2D eigenvalue weighted by molar-refractivity contribution is 5.92. The zero-order valence-electron chi connectivity index (χ0n) is 21.9. The summed E-state index contributed by atoms with van der Waals surface area (Å²) >= 11 is 0. The van der Waals surface area contributed by atoms with Crippen LogP contribution in [0.25, 0.3) is 11.1 Å². The number of alkyl halides is 1. The van der Waals surface area contributed by atoms with Crippen molar-refractivity contribution in [3.05, 3.63) is 58.9 Å². The van der Waals surface area contributed by atoms with Crippen LogP contribution in [0.1, 0.15) is 106 Å². The number of aromatic carboxylic acids is 1. The SMILES string of the molecule is CCCCCCCCCCC1CCC(C(F)Cc2c(C(=O)O)cccc2-c2cc(F)c(F)c(F)c2)CC1. The number of benzene rings is 2. The molecule has 0 bridgehead atoms. The van der Waals surface area contributed by atoms with Gasteiger partial charge in [-0.2, -0.15) is 0 Å². The highest BCUT2D eigenvalue weighted by Gasteiger charge is 2.30. The van der Waals surface area contributed by atoms with Gasteiger partial charge < -0.3 is 5.11 Å². The third-order valence-corrected chi connectivity index (χ3v) is 7.97. The first-order valence-electron chi connectivity index (χ1n) is 14.0. The maximum absolute atomic E-state index is 15.5. The van der Waals surface area contributed by atoms with E-state index in [1.807, 2.05) is 0 Å². The minimum absolute atomic E-state index is 0.00392. The second kappa shape index (κ2) is 14.5. The zero-order valence-corrected chi connectivity index (χ0v) is 21.9. The molecule has 0 spiro atoms. The van der Waals surface area contributed by atoms with Crippen LogP contribution < -0.4 is 0 Å². The molecule has 1 N–H and O–H groups in total. The topological polar surface area (TPSA) is 37.3 Å². The Labute approximate surface area is 218 Å². The van der Waals surface area contributed by atoms with Crippen LogP contribution in [0.3, 0.4) is 0 Å². The van der Waals surface area contributed by atoms with E-state index in [2.05, 4.69) is 6.92 Å². The predicted octanol–water partition coefficient (Wildman–Crippen LogP) is 9.69. The van der Waals surface area contributed by atoms with Crippen molar-refractivity contribution in [3.8, 4) is 11.1 Å². The Balaban J connectivity index is 1.58. The average Bonchev–Trinajstić information content (AvgIpc) is 2.88. The lowest BCUT2D eigenvalue weighted by Crippen LogP contribution is -2.25. The highest BCUT2D eigenvalue weighted by Crippen LogP contribution is 2.37. The molecule has 1 fully saturated rings. The lowest BCUT2D eigenvalue weighted by Gasteiger charge is -2.31. The molecule has 6 heteroatoms. The van der Waals surface area contributed by atoms with Crippen LogP contribution in [0.2, 0.25) is 0 Å². The Kier molecular flexibility index (Phi) is 11.5. The molecule has 2 aromatic carbocycles. The number of hydrogen-bond acceptors (Lipinski definition) is 1. The third-order valence-electron chi connectivity index (χ3n) is 7.97. The number of rotatable bonds is 14. The molecular weight excluding hydrogens is 480 g/mol. The van der Waals surface area contributed by atoms with Crippen molar-refractivity contribution in [2.75, 3.05) is 0 Å². The van der Waals surface area contributed by atoms with E-state index in [1.54, 1.807) is 0 Å². The monoisotopic (exact) mass is 520 g/mol. The van der Waals surface area contributed by atoms with Gasteiger partial charge in [0.1, 0.15) is 6.17 Å². The predicted molar refractivity (Wildman–Crippen MR) is 140 cm³/mol. The van der Waals surface area contributed by atoms with Gasteiger partial charge in [-0.25, -0.2) is 22.4 Å². The van der Waals surface area contributed by atoms with Crippen LogP contribution in [0.5, 0.6) is 0 Å². The molecule has 0 saturated heterocycles. The molecule has 204 valence electrons. The molecule has 3 rings (SSSR count). The fourth-order valence-corrected chi connectivity index (χ4v) is 5.76. The number of hydrogen-bond donors (Lipinski definition) is 1. The van der Waals surface area contributed by atoms with Crippen LogP contribution >= 0.6 is 0 Å². The van der Waals surface area contributed by atoms with Crippen molar-refractivity contribution in [3.63, 3.8) is 0 Å². The van der Waals surface area contributed by atoms with E-state index in [0.29, 0.717) is 5.92 Å². The van der Waals surface area contributed by atoms with Crippen LogP contribution in [0.15, 0.2) is 30.3 Å². The number of carbonyl (C=O) groups is 1. The standard InChI is InChI=1S/C31H40F4O2/c1-2-3-4-5-6-7-8-9-11-21-14-16-22(17-15-21)27(32)20-26-24(12-10-13-25(26)31(36)37)23-18-28(33)30(35)29(34)19-23/h10,12-13,18-19,21-22,27H,2-9,11,14-17,20H2,1H3,(H,36,37). The van der Waals surface area contributed by atoms with E-state index in [-0.39, 0.29) is 34.6 Å². The second-order valence-electron chi connectivity index (χ2n) is 10.7. The van der Waals surface area contributed by atoms with Gasteiger partial charge in [-0.15, -0.1) is 0 Å². The summed E-state index contributed by atoms with van der Waals surface area (Å²) in [6.07, 6.45) is 13.6. The molecule has 1 atom stereocenters. The highest BCUT2D eigenvalue weighted by atomic mass is 19.2. The first-order chi connectivity index (χ1) is 17.8. The van der Waals surface area contributed by atoms with Gasteiger partial charge in [0.15, 0.2) is 17.5 Å². The van der Waals surface area contributed by atoms with Crippen LogP contribution in [-0.4, -0.2) is 17.2 Å². The molecule has 1 aliphatic rings. The summed E-state index contributed by atoms with van der Waals surface area (Å²) in [5.74, 6) is -5.11. The van der Waals surface area contributed by atoms with Gasteiger partial charge in [-0.1, -0.05) is 89.7 Å². The Hall–Kier alpha value is -2.37. The van der Waals surface area contributed by atoms with E-state index in [1.165, 1.54) is 76.0 Å². The Morgan fingerprint density at radius 3 is 2.11 bits per heavy atom. The molecule has 0 aromatic heterocycles. The molecule has 1 aliphatic carbocycles. The maximum atomic E-state index is 15.5. The zero-order chi connectivity index (χ0) is 26.8. The molecule has 37 heavy (non-hydrogen) atoms. The number of carboxylic acids is 1. The van der Waals surface area contributed by atoms with Crippen LogP contribution in [-0.2, 0) is 6.42 Å². The molecule has 0 amide bonds. The largest absolute Gasteiger partial charge is 0.478 e. The van der Waals surface area contributed by atoms with Gasteiger partial charge in [-0.3, -0.25) is 0 Å². The first kappa shape index (κ1) is 29.2. The van der Waals surface area contributed by atoms with E-state index in [9.17, 15) is 23.1 Å². The Morgan fingerprint density at radius 2 is 1.51 bits per heavy atom. The molecule has 0 aliphatic heterocycles. The molecule has 2 aromatic rings. The lowest BCUT2D eigenvalue weighted by molar-refractivity contribution is 0.0694. The summed E-state index contributed by atoms with van der Waals surface area (Å²) in [6.45, 7) is 2.23. The van der Waals surface area contributed by atoms with Crippen molar-refractivity contribution in [2.24, 2.45) is 11.8 Å². The lowest BCUT2D eigenvalue weighted by atomic mass is 9.76. The second-order valence-corrected chi connectivity index (χ2v) is 10.7. The number of halogens is 4. The Bertz CT molecular complexity index is 991. The third kappa shape index (κ3) is 8.31. The van der Waals surface area contributed by atoms with Crippen molar-refractivity contribution in [1.29, 1.82) is 0 Å². The quantitative estimate of drug-likeness (QED) is 0.153. The maximum Gasteiger partial charge on any atom is 0.335 e. The van der Waals surface area contributed by atoms with Gasteiger partial charge in [0.05, 0.1) is 5.56 Å². The molecule has 1 saturated carbocycles. The van der Waals surface area contributed by atoms with Crippen molar-refractivity contribution >= 4 is 5.97 Å². The minimum Gasteiger partial charge on any atom is -0.478 e. The van der Waals surface area contributed by atoms with Gasteiger partial charge >= 0.3 is 5.97 Å². The smallest absolute Gasteiger partial charge is 0.335 e. The molecule has 2 nitrogen and oxygen atoms in total. The van der Waals surface area contributed by atoms with Crippen molar-refractivity contribution in [1.82, 2.24) is 0 Å². The van der Waals surface area contributed by atoms with E-state index < -0.39 is 29.6 Å².